The Kier molecular flexibility index (Phi) is 5.83. The molecule has 2 aromatic rings. The van der Waals surface area contributed by atoms with Crippen LogP contribution in [0.25, 0.3) is 0 Å². The van der Waals surface area contributed by atoms with Gasteiger partial charge < -0.3 is 9.88 Å². The molecule has 0 bridgehead atoms. The van der Waals surface area contributed by atoms with Gasteiger partial charge in [0.15, 0.2) is 0 Å². The van der Waals surface area contributed by atoms with Gasteiger partial charge in [-0.05, 0) is 31.9 Å². The Morgan fingerprint density at radius 1 is 1.21 bits per heavy atom. The molecule has 1 N–H and O–H groups in total. The number of nitrogens with one attached hydrogen (secondary N) is 1. The molecule has 0 fully saturated rings. The minimum absolute atomic E-state index is 0.0318. The number of nitro groups is 1. The summed E-state index contributed by atoms with van der Waals surface area (Å²) in [4.78, 5) is 33.9. The molecule has 0 saturated carbocycles. The maximum absolute atomic E-state index is 12.0. The molecular weight excluding hydrogens is 310 g/mol. The number of aromatic nitrogens is 1. The van der Waals surface area contributed by atoms with E-state index in [-0.39, 0.29) is 22.7 Å². The zero-order valence-electron chi connectivity index (χ0n) is 13.4. The van der Waals surface area contributed by atoms with Crippen LogP contribution in [0.2, 0.25) is 0 Å². The lowest BCUT2D eigenvalue weighted by Gasteiger charge is -2.09. The van der Waals surface area contributed by atoms with Gasteiger partial charge >= 0.3 is 0 Å². The van der Waals surface area contributed by atoms with Crippen molar-refractivity contribution in [2.24, 2.45) is 0 Å². The molecule has 7 heteroatoms. The molecule has 24 heavy (non-hydrogen) atoms. The van der Waals surface area contributed by atoms with E-state index in [4.69, 9.17) is 0 Å². The fraction of sp³-hybridized carbons (Fsp3) is 0.294. The molecule has 0 aliphatic heterocycles. The van der Waals surface area contributed by atoms with Crippen molar-refractivity contribution in [3.8, 4) is 0 Å². The zero-order valence-corrected chi connectivity index (χ0v) is 13.4. The van der Waals surface area contributed by atoms with Crippen molar-refractivity contribution >= 4 is 11.6 Å². The summed E-state index contributed by atoms with van der Waals surface area (Å²) in [5, 5.41) is 13.4. The maximum Gasteiger partial charge on any atom is 0.270 e. The third-order valence-corrected chi connectivity index (χ3v) is 3.68. The Morgan fingerprint density at radius 3 is 2.67 bits per heavy atom. The highest BCUT2D eigenvalue weighted by Gasteiger charge is 2.10. The van der Waals surface area contributed by atoms with Gasteiger partial charge in [-0.1, -0.05) is 12.1 Å². The van der Waals surface area contributed by atoms with Gasteiger partial charge in [-0.3, -0.25) is 19.7 Å². The molecule has 0 aliphatic rings. The largest absolute Gasteiger partial charge is 0.352 e. The molecule has 2 rings (SSSR count). The molecule has 0 saturated heterocycles. The van der Waals surface area contributed by atoms with E-state index in [2.05, 4.69) is 5.32 Å². The highest BCUT2D eigenvalue weighted by Crippen LogP contribution is 2.12. The molecule has 0 spiro atoms. The fourth-order valence-electron chi connectivity index (χ4n) is 2.37. The second-order valence-corrected chi connectivity index (χ2v) is 5.43. The molecular formula is C17H19N3O4. The van der Waals surface area contributed by atoms with Crippen LogP contribution in [0.15, 0.2) is 47.3 Å². The Morgan fingerprint density at radius 2 is 1.96 bits per heavy atom. The molecule has 7 nitrogen and oxygen atoms in total. The first-order valence-corrected chi connectivity index (χ1v) is 7.68. The molecule has 0 radical (unpaired) electrons. The lowest BCUT2D eigenvalue weighted by Crippen LogP contribution is -2.25. The molecule has 0 unspecified atom stereocenters. The zero-order chi connectivity index (χ0) is 17.5. The summed E-state index contributed by atoms with van der Waals surface area (Å²) >= 11 is 0. The molecule has 0 aliphatic carbocycles. The van der Waals surface area contributed by atoms with Gasteiger partial charge in [0.05, 0.1) is 4.92 Å². The van der Waals surface area contributed by atoms with Crippen LogP contribution in [0.3, 0.4) is 0 Å². The Bertz CT molecular complexity index is 798. The van der Waals surface area contributed by atoms with Crippen molar-refractivity contribution in [2.75, 3.05) is 6.54 Å². The van der Waals surface area contributed by atoms with E-state index in [0.717, 1.165) is 12.1 Å². The highest BCUT2D eigenvalue weighted by molar-refractivity contribution is 5.94. The van der Waals surface area contributed by atoms with E-state index in [9.17, 15) is 19.7 Å². The number of amides is 1. The summed E-state index contributed by atoms with van der Waals surface area (Å²) < 4.78 is 1.70. The van der Waals surface area contributed by atoms with Gasteiger partial charge in [0.2, 0.25) is 0 Å². The summed E-state index contributed by atoms with van der Waals surface area (Å²) in [5.41, 5.74) is 1.03. The van der Waals surface area contributed by atoms with E-state index in [0.29, 0.717) is 19.5 Å². The molecule has 1 aromatic heterocycles. The van der Waals surface area contributed by atoms with Crippen molar-refractivity contribution in [3.05, 3.63) is 74.2 Å². The van der Waals surface area contributed by atoms with Gasteiger partial charge in [0.25, 0.3) is 17.2 Å². The van der Waals surface area contributed by atoms with Gasteiger partial charge in [0, 0.05) is 42.5 Å². The Balaban J connectivity index is 1.80. The van der Waals surface area contributed by atoms with Gasteiger partial charge in [-0.15, -0.1) is 0 Å². The van der Waals surface area contributed by atoms with Crippen LogP contribution < -0.4 is 10.9 Å². The van der Waals surface area contributed by atoms with E-state index in [1.165, 1.54) is 30.3 Å². The molecule has 1 aromatic carbocycles. The second-order valence-electron chi connectivity index (χ2n) is 5.43. The predicted molar refractivity (Wildman–Crippen MR) is 90.1 cm³/mol. The molecule has 0 atom stereocenters. The van der Waals surface area contributed by atoms with Crippen LogP contribution in [0.5, 0.6) is 0 Å². The first kappa shape index (κ1) is 17.4. The van der Waals surface area contributed by atoms with Crippen LogP contribution in [0.4, 0.5) is 5.69 Å². The number of carbonyl (C=O) groups excluding carboxylic acids is 1. The number of rotatable bonds is 7. The average molecular weight is 329 g/mol. The topological polar surface area (TPSA) is 94.2 Å². The summed E-state index contributed by atoms with van der Waals surface area (Å²) in [5.74, 6) is -0.341. The number of nitrogens with zero attached hydrogens (tertiary/aromatic N) is 2. The van der Waals surface area contributed by atoms with Crippen molar-refractivity contribution in [1.82, 2.24) is 9.88 Å². The Labute approximate surface area is 139 Å². The third kappa shape index (κ3) is 4.52. The van der Waals surface area contributed by atoms with Crippen LogP contribution >= 0.6 is 0 Å². The normalized spacial score (nSPS) is 10.4. The smallest absolute Gasteiger partial charge is 0.270 e. The number of nitro benzene ring substituents is 1. The summed E-state index contributed by atoms with van der Waals surface area (Å²) in [7, 11) is 0. The van der Waals surface area contributed by atoms with Gasteiger partial charge in [0.1, 0.15) is 0 Å². The number of benzene rings is 1. The number of aryl methyl sites for hydroxylation is 1. The third-order valence-electron chi connectivity index (χ3n) is 3.68. The first-order chi connectivity index (χ1) is 11.5. The quantitative estimate of drug-likeness (QED) is 0.479. The van der Waals surface area contributed by atoms with Crippen molar-refractivity contribution in [3.63, 3.8) is 0 Å². The summed E-state index contributed by atoms with van der Waals surface area (Å²) in [6.45, 7) is 2.92. The summed E-state index contributed by atoms with van der Waals surface area (Å²) in [6.07, 6.45) is 1.46. The minimum Gasteiger partial charge on any atom is -0.352 e. The number of pyridine rings is 1. The minimum atomic E-state index is -0.531. The number of unbranched alkanes of at least 4 members (excludes halogenated alkanes) is 1. The SMILES string of the molecule is Cc1cccc(=O)n1CCCCNC(=O)c1cccc([N+](=O)[O-])c1. The van der Waals surface area contributed by atoms with Crippen molar-refractivity contribution in [1.29, 1.82) is 0 Å². The Hall–Kier alpha value is -2.96. The van der Waals surface area contributed by atoms with Crippen LogP contribution in [0, 0.1) is 17.0 Å². The number of carbonyl (C=O) groups is 1. The summed E-state index contributed by atoms with van der Waals surface area (Å²) in [6, 6.07) is 10.8. The molecule has 1 amide bonds. The number of hydrogen-bond donors (Lipinski definition) is 1. The fourth-order valence-corrected chi connectivity index (χ4v) is 2.37. The molecule has 126 valence electrons. The van der Waals surface area contributed by atoms with E-state index < -0.39 is 4.92 Å². The van der Waals surface area contributed by atoms with Crippen molar-refractivity contribution in [2.45, 2.75) is 26.3 Å². The van der Waals surface area contributed by atoms with Gasteiger partial charge in [-0.2, -0.15) is 0 Å². The van der Waals surface area contributed by atoms with Crippen molar-refractivity contribution < 1.29 is 9.72 Å². The maximum atomic E-state index is 12.0. The van der Waals surface area contributed by atoms with Crippen LogP contribution in [-0.2, 0) is 6.54 Å². The highest BCUT2D eigenvalue weighted by atomic mass is 16.6. The lowest BCUT2D eigenvalue weighted by atomic mass is 10.2. The van der Waals surface area contributed by atoms with E-state index in [1.807, 2.05) is 13.0 Å². The number of hydrogen-bond acceptors (Lipinski definition) is 4. The molecule has 1 heterocycles. The monoisotopic (exact) mass is 329 g/mol. The van der Waals surface area contributed by atoms with Crippen LogP contribution in [-0.4, -0.2) is 21.9 Å². The van der Waals surface area contributed by atoms with E-state index >= 15 is 0 Å². The lowest BCUT2D eigenvalue weighted by molar-refractivity contribution is -0.384. The average Bonchev–Trinajstić information content (AvgIpc) is 2.56. The first-order valence-electron chi connectivity index (χ1n) is 7.68. The number of non-ortho nitro benzene ring substituents is 1. The standard InChI is InChI=1S/C17H19N3O4/c1-13-6-4-9-16(21)19(13)11-3-2-10-18-17(22)14-7-5-8-15(12-14)20(23)24/h4-9,12H,2-3,10-11H2,1H3,(H,18,22). The predicted octanol–water partition coefficient (Wildman–Crippen LogP) is 2.28. The second kappa shape index (κ2) is 8.05. The van der Waals surface area contributed by atoms with Gasteiger partial charge in [-0.25, -0.2) is 0 Å². The van der Waals surface area contributed by atoms with Crippen LogP contribution in [0.1, 0.15) is 28.9 Å². The van der Waals surface area contributed by atoms with E-state index in [1.54, 1.807) is 10.6 Å².